The molecular weight excluding hydrogens is 467 g/mol. The van der Waals surface area contributed by atoms with Crippen LogP contribution < -0.4 is 0 Å². The lowest BCUT2D eigenvalue weighted by molar-refractivity contribution is -0.137. The van der Waals surface area contributed by atoms with Gasteiger partial charge in [-0.3, -0.25) is 14.4 Å². The normalized spacial score (nSPS) is 20.4. The number of aromatic nitrogens is 1. The largest absolute Gasteiger partial charge is 0.505 e. The van der Waals surface area contributed by atoms with Crippen molar-refractivity contribution in [3.8, 4) is 5.75 Å². The molecule has 9 nitrogen and oxygen atoms in total. The summed E-state index contributed by atoms with van der Waals surface area (Å²) in [6, 6.07) is 4.17. The third kappa shape index (κ3) is 3.61. The van der Waals surface area contributed by atoms with Crippen LogP contribution in [0.4, 0.5) is 4.39 Å². The van der Waals surface area contributed by atoms with Crippen LogP contribution in [-0.4, -0.2) is 88.5 Å². The van der Waals surface area contributed by atoms with Gasteiger partial charge in [-0.25, -0.2) is 4.39 Å². The molecule has 1 atom stereocenters. The molecule has 3 amide bonds. The lowest BCUT2D eigenvalue weighted by atomic mass is 9.93. The number of likely N-dealkylation sites (N-methyl/N-ethyl adjacent to an activating group) is 1. The van der Waals surface area contributed by atoms with Crippen LogP contribution in [0, 0.1) is 5.82 Å². The number of aromatic hydroxyl groups is 1. The lowest BCUT2D eigenvalue weighted by Gasteiger charge is -2.37. The molecular formula is C23H24ClFN4O5. The number of halogens is 2. The van der Waals surface area contributed by atoms with Crippen molar-refractivity contribution in [3.63, 3.8) is 0 Å². The van der Waals surface area contributed by atoms with Crippen molar-refractivity contribution in [1.29, 1.82) is 0 Å². The maximum atomic E-state index is 13.6. The Morgan fingerprint density at radius 1 is 1.18 bits per heavy atom. The van der Waals surface area contributed by atoms with E-state index in [0.29, 0.717) is 50.7 Å². The molecule has 34 heavy (non-hydrogen) atoms. The highest BCUT2D eigenvalue weighted by atomic mass is 35.5. The van der Waals surface area contributed by atoms with E-state index in [4.69, 9.17) is 16.3 Å². The Bertz CT molecular complexity index is 1190. The van der Waals surface area contributed by atoms with Crippen molar-refractivity contribution < 1.29 is 28.6 Å². The number of ether oxygens (including phenoxy) is 1. The van der Waals surface area contributed by atoms with Crippen LogP contribution >= 0.6 is 11.6 Å². The summed E-state index contributed by atoms with van der Waals surface area (Å²) in [4.78, 5) is 44.6. The highest BCUT2D eigenvalue weighted by Crippen LogP contribution is 2.41. The highest BCUT2D eigenvalue weighted by molar-refractivity contribution is 6.30. The molecule has 0 aliphatic carbocycles. The van der Waals surface area contributed by atoms with Gasteiger partial charge in [0.15, 0.2) is 11.4 Å². The minimum absolute atomic E-state index is 0.0234. The predicted molar refractivity (Wildman–Crippen MR) is 119 cm³/mol. The molecule has 1 aromatic heterocycles. The summed E-state index contributed by atoms with van der Waals surface area (Å²) in [6.45, 7) is 2.58. The minimum Gasteiger partial charge on any atom is -0.505 e. The number of carbonyl (C=O) groups excluding carboxylic acids is 3. The number of hydrogen-bond donors (Lipinski definition) is 1. The van der Waals surface area contributed by atoms with E-state index < -0.39 is 29.3 Å². The average Bonchev–Trinajstić information content (AvgIpc) is 3.14. The molecule has 3 aliphatic heterocycles. The van der Waals surface area contributed by atoms with E-state index in [1.165, 1.54) is 28.0 Å². The predicted octanol–water partition coefficient (Wildman–Crippen LogP) is 1.67. The zero-order valence-corrected chi connectivity index (χ0v) is 19.3. The summed E-state index contributed by atoms with van der Waals surface area (Å²) in [5, 5.41) is 11.0. The number of carbonyl (C=O) groups is 3. The summed E-state index contributed by atoms with van der Waals surface area (Å²) in [5.74, 6) is -2.82. The van der Waals surface area contributed by atoms with E-state index in [-0.39, 0.29) is 35.3 Å². The van der Waals surface area contributed by atoms with Crippen LogP contribution in [-0.2, 0) is 22.6 Å². The van der Waals surface area contributed by atoms with E-state index >= 15 is 0 Å². The number of nitrogens with zero attached hydrogens (tertiary/aromatic N) is 4. The van der Waals surface area contributed by atoms with Gasteiger partial charge < -0.3 is 29.1 Å². The number of hydrogen-bond acceptors (Lipinski definition) is 5. The zero-order valence-electron chi connectivity index (χ0n) is 18.6. The number of amides is 3. The topological polar surface area (TPSA) is 95.3 Å². The Morgan fingerprint density at radius 3 is 2.62 bits per heavy atom. The second-order valence-electron chi connectivity index (χ2n) is 8.76. The van der Waals surface area contributed by atoms with E-state index in [2.05, 4.69) is 0 Å². The van der Waals surface area contributed by atoms with Crippen LogP contribution in [0.3, 0.4) is 0 Å². The van der Waals surface area contributed by atoms with Gasteiger partial charge in [0.25, 0.3) is 11.8 Å². The van der Waals surface area contributed by atoms with Crippen molar-refractivity contribution in [3.05, 3.63) is 51.6 Å². The molecule has 5 rings (SSSR count). The number of fused-ring (bicyclic) bond motifs is 3. The molecule has 180 valence electrons. The molecule has 2 aromatic rings. The molecule has 0 saturated carbocycles. The van der Waals surface area contributed by atoms with Gasteiger partial charge in [-0.2, -0.15) is 0 Å². The molecule has 0 spiro atoms. The Hall–Kier alpha value is -3.11. The third-order valence-electron chi connectivity index (χ3n) is 6.70. The van der Waals surface area contributed by atoms with Gasteiger partial charge in [0.1, 0.15) is 11.4 Å². The van der Waals surface area contributed by atoms with Crippen molar-refractivity contribution >= 4 is 29.3 Å². The Kier molecular flexibility index (Phi) is 5.73. The quantitative estimate of drug-likeness (QED) is 0.706. The third-order valence-corrected chi connectivity index (χ3v) is 6.99. The lowest BCUT2D eigenvalue weighted by Crippen LogP contribution is -2.49. The summed E-state index contributed by atoms with van der Waals surface area (Å²) < 4.78 is 20.6. The van der Waals surface area contributed by atoms with Crippen molar-refractivity contribution in [2.24, 2.45) is 0 Å². The molecule has 3 aliphatic rings. The van der Waals surface area contributed by atoms with Gasteiger partial charge in [-0.1, -0.05) is 17.7 Å². The monoisotopic (exact) mass is 490 g/mol. The maximum absolute atomic E-state index is 13.6. The van der Waals surface area contributed by atoms with Crippen LogP contribution in [0.1, 0.15) is 38.0 Å². The fourth-order valence-corrected chi connectivity index (χ4v) is 5.12. The van der Waals surface area contributed by atoms with Gasteiger partial charge in [0.2, 0.25) is 5.91 Å². The highest BCUT2D eigenvalue weighted by Gasteiger charge is 2.45. The van der Waals surface area contributed by atoms with E-state index in [1.54, 1.807) is 16.5 Å². The molecule has 4 heterocycles. The fraction of sp³-hybridized carbons (Fsp3) is 0.435. The van der Waals surface area contributed by atoms with Crippen LogP contribution in [0.5, 0.6) is 5.75 Å². The van der Waals surface area contributed by atoms with Crippen molar-refractivity contribution in [2.75, 3.05) is 46.4 Å². The van der Waals surface area contributed by atoms with Crippen LogP contribution in [0.25, 0.3) is 0 Å². The Balaban J connectivity index is 1.59. The molecule has 1 aromatic carbocycles. The number of rotatable bonds is 3. The molecule has 1 N–H and O–H groups in total. The first-order chi connectivity index (χ1) is 16.3. The summed E-state index contributed by atoms with van der Waals surface area (Å²) in [6.07, 6.45) is 0. The summed E-state index contributed by atoms with van der Waals surface area (Å²) >= 11 is 5.92. The standard InChI is InChI=1S/C23H24ClFN4O5/c1-26-4-5-29-18-14(21(31)27-6-8-34-9-7-27)12-28(11-13-2-3-16(25)15(24)10-13)22(32)17(18)20(30)19(29)23(26)33/h2-3,10,14,30H,4-9,11-12H2,1H3. The smallest absolute Gasteiger partial charge is 0.274 e. The average molecular weight is 491 g/mol. The zero-order chi connectivity index (χ0) is 24.1. The second kappa shape index (κ2) is 8.59. The molecule has 0 radical (unpaired) electrons. The molecule has 11 heteroatoms. The van der Waals surface area contributed by atoms with Gasteiger partial charge in [-0.15, -0.1) is 0 Å². The van der Waals surface area contributed by atoms with E-state index in [0.717, 1.165) is 0 Å². The first kappa shape index (κ1) is 22.7. The fourth-order valence-electron chi connectivity index (χ4n) is 4.92. The molecule has 1 fully saturated rings. The number of morpholine rings is 1. The first-order valence-electron chi connectivity index (χ1n) is 11.1. The second-order valence-corrected chi connectivity index (χ2v) is 9.17. The molecule has 0 bridgehead atoms. The van der Waals surface area contributed by atoms with Gasteiger partial charge in [0.05, 0.1) is 24.2 Å². The van der Waals surface area contributed by atoms with Crippen LogP contribution in [0.2, 0.25) is 5.02 Å². The summed E-state index contributed by atoms with van der Waals surface area (Å²) in [7, 11) is 1.63. The van der Waals surface area contributed by atoms with E-state index in [1.807, 2.05) is 0 Å². The maximum Gasteiger partial charge on any atom is 0.274 e. The molecule has 1 unspecified atom stereocenters. The summed E-state index contributed by atoms with van der Waals surface area (Å²) in [5.41, 5.74) is 0.965. The van der Waals surface area contributed by atoms with Crippen molar-refractivity contribution in [2.45, 2.75) is 19.0 Å². The number of benzene rings is 1. The Labute approximate surface area is 200 Å². The Morgan fingerprint density at radius 2 is 1.91 bits per heavy atom. The van der Waals surface area contributed by atoms with Gasteiger partial charge in [0, 0.05) is 52.0 Å². The first-order valence-corrected chi connectivity index (χ1v) is 11.5. The minimum atomic E-state index is -0.766. The van der Waals surface area contributed by atoms with Gasteiger partial charge in [-0.05, 0) is 17.7 Å². The van der Waals surface area contributed by atoms with Gasteiger partial charge >= 0.3 is 0 Å². The van der Waals surface area contributed by atoms with Crippen molar-refractivity contribution in [1.82, 2.24) is 19.3 Å². The van der Waals surface area contributed by atoms with Crippen LogP contribution in [0.15, 0.2) is 18.2 Å². The molecule has 1 saturated heterocycles. The van der Waals surface area contributed by atoms with E-state index in [9.17, 15) is 23.9 Å². The SMILES string of the molecule is CN1CCn2c(c(O)c3c2C(C(=O)N2CCOCC2)CN(Cc2ccc(F)c(Cl)c2)C3=O)C1=O.